The molecule has 0 aliphatic carbocycles. The zero-order valence-electron chi connectivity index (χ0n) is 14.1. The number of fused-ring (bicyclic) bond motifs is 2. The van der Waals surface area contributed by atoms with Gasteiger partial charge >= 0.3 is 5.97 Å². The topological polar surface area (TPSA) is 102 Å². The summed E-state index contributed by atoms with van der Waals surface area (Å²) < 4.78 is 30.5. The maximum Gasteiger partial charge on any atom is 0.335 e. The van der Waals surface area contributed by atoms with E-state index in [0.717, 1.165) is 0 Å². The predicted molar refractivity (Wildman–Crippen MR) is 101 cm³/mol. The van der Waals surface area contributed by atoms with Crippen LogP contribution in [0.2, 0.25) is 0 Å². The van der Waals surface area contributed by atoms with Crippen molar-refractivity contribution in [2.45, 2.75) is 23.6 Å². The van der Waals surface area contributed by atoms with Crippen molar-refractivity contribution in [3.05, 3.63) is 46.1 Å². The minimum Gasteiger partial charge on any atom is -0.478 e. The average molecular weight is 392 g/mol. The monoisotopic (exact) mass is 392 g/mol. The van der Waals surface area contributed by atoms with Gasteiger partial charge in [-0.3, -0.25) is 13.2 Å². The van der Waals surface area contributed by atoms with Crippen molar-refractivity contribution in [2.75, 3.05) is 11.5 Å². The van der Waals surface area contributed by atoms with Crippen molar-refractivity contribution in [1.82, 2.24) is 0 Å². The van der Waals surface area contributed by atoms with E-state index < -0.39 is 33.0 Å². The minimum absolute atomic E-state index is 0.0326. The molecule has 0 radical (unpaired) electrons. The standard InChI is InChI=1S/C18H16O6S2/c1-3-25(22)11-8-13-16(19)12-7-10(18(20)21)5-6-14(12)24-17(13)15(9-11)26(23)4-2/h5-9H,3-4H2,1-2H3,(H,20,21). The maximum absolute atomic E-state index is 12.9. The van der Waals surface area contributed by atoms with Crippen molar-refractivity contribution < 1.29 is 22.7 Å². The van der Waals surface area contributed by atoms with Crippen molar-refractivity contribution >= 4 is 49.5 Å². The Kier molecular flexibility index (Phi) is 5.06. The van der Waals surface area contributed by atoms with Gasteiger partial charge in [-0.05, 0) is 30.3 Å². The number of carboxylic acids is 1. The number of hydrogen-bond donors (Lipinski definition) is 1. The molecule has 1 N–H and O–H groups in total. The summed E-state index contributed by atoms with van der Waals surface area (Å²) >= 11 is 0. The molecule has 0 saturated heterocycles. The number of hydrogen-bond acceptors (Lipinski definition) is 5. The van der Waals surface area contributed by atoms with Crippen molar-refractivity contribution in [2.24, 2.45) is 0 Å². The largest absolute Gasteiger partial charge is 0.478 e. The first kappa shape index (κ1) is 18.5. The maximum atomic E-state index is 12.9. The second-order valence-corrected chi connectivity index (χ2v) is 8.96. The molecule has 1 heterocycles. The molecule has 8 heteroatoms. The third-order valence-corrected chi connectivity index (χ3v) is 6.59. The van der Waals surface area contributed by atoms with Crippen molar-refractivity contribution in [1.29, 1.82) is 0 Å². The van der Waals surface area contributed by atoms with E-state index in [1.54, 1.807) is 19.9 Å². The first-order valence-corrected chi connectivity index (χ1v) is 10.6. The molecule has 3 aromatic rings. The van der Waals surface area contributed by atoms with E-state index in [1.165, 1.54) is 24.3 Å². The molecule has 3 rings (SSSR count). The highest BCUT2D eigenvalue weighted by molar-refractivity contribution is 7.86. The first-order valence-electron chi connectivity index (χ1n) is 7.92. The third-order valence-electron chi connectivity index (χ3n) is 3.99. The van der Waals surface area contributed by atoms with Gasteiger partial charge in [0.2, 0.25) is 5.43 Å². The Morgan fingerprint density at radius 1 is 1.04 bits per heavy atom. The quantitative estimate of drug-likeness (QED) is 0.670. The SMILES string of the molecule is CCS(=O)c1cc(S(=O)CC)c2oc3ccc(C(=O)O)cc3c(=O)c2c1. The molecule has 2 unspecified atom stereocenters. The van der Waals surface area contributed by atoms with Gasteiger partial charge in [-0.2, -0.15) is 0 Å². The van der Waals surface area contributed by atoms with Gasteiger partial charge in [0.25, 0.3) is 0 Å². The van der Waals surface area contributed by atoms with E-state index in [-0.39, 0.29) is 27.5 Å². The Bertz CT molecular complexity index is 1150. The molecule has 136 valence electrons. The predicted octanol–water partition coefficient (Wildman–Crippen LogP) is 2.90. The second kappa shape index (κ2) is 7.13. The normalized spacial score (nSPS) is 13.8. The van der Waals surface area contributed by atoms with E-state index >= 15 is 0 Å². The van der Waals surface area contributed by atoms with Crippen LogP contribution in [0, 0.1) is 0 Å². The molecule has 2 aromatic carbocycles. The highest BCUT2D eigenvalue weighted by Gasteiger charge is 2.18. The summed E-state index contributed by atoms with van der Waals surface area (Å²) in [6.07, 6.45) is 0. The first-order chi connectivity index (χ1) is 12.4. The van der Waals surface area contributed by atoms with Crippen LogP contribution in [0.3, 0.4) is 0 Å². The Morgan fingerprint density at radius 3 is 2.35 bits per heavy atom. The molecule has 1 aromatic heterocycles. The van der Waals surface area contributed by atoms with Gasteiger partial charge in [0.1, 0.15) is 5.58 Å². The molecule has 0 bridgehead atoms. The van der Waals surface area contributed by atoms with Gasteiger partial charge in [-0.25, -0.2) is 4.79 Å². The lowest BCUT2D eigenvalue weighted by molar-refractivity contribution is 0.0697. The van der Waals surface area contributed by atoms with Crippen LogP contribution < -0.4 is 5.43 Å². The third kappa shape index (κ3) is 3.10. The van der Waals surface area contributed by atoms with Crippen LogP contribution in [0.5, 0.6) is 0 Å². The minimum atomic E-state index is -1.42. The summed E-state index contributed by atoms with van der Waals surface area (Å²) in [4.78, 5) is 24.8. The molecule has 6 nitrogen and oxygen atoms in total. The van der Waals surface area contributed by atoms with Gasteiger partial charge in [-0.1, -0.05) is 13.8 Å². The van der Waals surface area contributed by atoms with Gasteiger partial charge in [0, 0.05) is 16.4 Å². The Hall–Kier alpha value is -2.32. The summed E-state index contributed by atoms with van der Waals surface area (Å²) in [5.74, 6) is -0.483. The molecule has 26 heavy (non-hydrogen) atoms. The van der Waals surface area contributed by atoms with Crippen LogP contribution in [0.4, 0.5) is 0 Å². The van der Waals surface area contributed by atoms with Gasteiger partial charge in [-0.15, -0.1) is 0 Å². The number of carbonyl (C=O) groups is 1. The number of benzene rings is 2. The average Bonchev–Trinajstić information content (AvgIpc) is 2.65. The molecule has 0 spiro atoms. The van der Waals surface area contributed by atoms with E-state index in [0.29, 0.717) is 21.3 Å². The lowest BCUT2D eigenvalue weighted by atomic mass is 10.1. The van der Waals surface area contributed by atoms with Gasteiger partial charge < -0.3 is 9.52 Å². The summed E-state index contributed by atoms with van der Waals surface area (Å²) in [5, 5.41) is 9.40. The van der Waals surface area contributed by atoms with Crippen LogP contribution in [-0.2, 0) is 21.6 Å². The number of aromatic carboxylic acids is 1. The molecule has 0 fully saturated rings. The van der Waals surface area contributed by atoms with Crippen LogP contribution >= 0.6 is 0 Å². The van der Waals surface area contributed by atoms with Crippen LogP contribution in [-0.4, -0.2) is 31.0 Å². The molecule has 2 atom stereocenters. The van der Waals surface area contributed by atoms with E-state index in [2.05, 4.69) is 0 Å². The zero-order chi connectivity index (χ0) is 19.0. The van der Waals surface area contributed by atoms with Crippen molar-refractivity contribution in [3.63, 3.8) is 0 Å². The van der Waals surface area contributed by atoms with Gasteiger partial charge in [0.15, 0.2) is 5.58 Å². The smallest absolute Gasteiger partial charge is 0.335 e. The van der Waals surface area contributed by atoms with E-state index in [4.69, 9.17) is 9.52 Å². The Balaban J connectivity index is 2.47. The fourth-order valence-corrected chi connectivity index (χ4v) is 4.49. The van der Waals surface area contributed by atoms with Crippen LogP contribution in [0.15, 0.2) is 49.3 Å². The summed E-state index contributed by atoms with van der Waals surface area (Å²) in [6.45, 7) is 3.49. The highest BCUT2D eigenvalue weighted by atomic mass is 32.2. The molecule has 0 aliphatic rings. The molecule has 0 saturated carbocycles. The molecule has 0 amide bonds. The van der Waals surface area contributed by atoms with Crippen molar-refractivity contribution in [3.8, 4) is 0 Å². The second-order valence-electron chi connectivity index (χ2n) is 5.51. The van der Waals surface area contributed by atoms with Gasteiger partial charge in [0.05, 0.1) is 42.8 Å². The number of rotatable bonds is 5. The fourth-order valence-electron chi connectivity index (χ4n) is 2.66. The molecule has 0 aliphatic heterocycles. The summed E-state index contributed by atoms with van der Waals surface area (Å²) in [7, 11) is -2.76. The Morgan fingerprint density at radius 2 is 1.73 bits per heavy atom. The van der Waals surface area contributed by atoms with E-state index in [1.807, 2.05) is 0 Å². The van der Waals surface area contributed by atoms with Crippen LogP contribution in [0.1, 0.15) is 24.2 Å². The lowest BCUT2D eigenvalue weighted by Crippen LogP contribution is -2.08. The van der Waals surface area contributed by atoms with E-state index in [9.17, 15) is 18.0 Å². The number of carboxylic acid groups (broad SMARTS) is 1. The molecular weight excluding hydrogens is 376 g/mol. The van der Waals surface area contributed by atoms with Crippen LogP contribution in [0.25, 0.3) is 21.9 Å². The lowest BCUT2D eigenvalue weighted by Gasteiger charge is -2.09. The Labute approximate surface area is 153 Å². The summed E-state index contributed by atoms with van der Waals surface area (Å²) in [5.41, 5.74) is -0.0720. The summed E-state index contributed by atoms with van der Waals surface area (Å²) in [6, 6.07) is 7.04. The fraction of sp³-hybridized carbons (Fsp3) is 0.222. The molecular formula is C18H16O6S2. The highest BCUT2D eigenvalue weighted by Crippen LogP contribution is 2.28. The zero-order valence-corrected chi connectivity index (χ0v) is 15.7.